The monoisotopic (exact) mass is 325 g/mol. The van der Waals surface area contributed by atoms with Gasteiger partial charge in [-0.3, -0.25) is 4.79 Å². The Morgan fingerprint density at radius 2 is 1.75 bits per heavy atom. The summed E-state index contributed by atoms with van der Waals surface area (Å²) in [6, 6.07) is 14.2. The number of aryl methyl sites for hydroxylation is 2. The van der Waals surface area contributed by atoms with Crippen molar-refractivity contribution in [2.45, 2.75) is 53.2 Å². The second kappa shape index (κ2) is 8.00. The van der Waals surface area contributed by atoms with E-state index in [-0.39, 0.29) is 11.9 Å². The molecule has 2 atom stereocenters. The maximum atomic E-state index is 12.4. The summed E-state index contributed by atoms with van der Waals surface area (Å²) in [5.74, 6) is 0.653. The molecule has 2 aromatic carbocycles. The van der Waals surface area contributed by atoms with Crippen molar-refractivity contribution in [2.75, 3.05) is 0 Å². The second-order valence-electron chi connectivity index (χ2n) is 6.28. The molecule has 0 aliphatic rings. The van der Waals surface area contributed by atoms with Crippen molar-refractivity contribution in [3.8, 4) is 5.75 Å². The molecule has 0 saturated carbocycles. The van der Waals surface area contributed by atoms with Crippen LogP contribution in [0.1, 0.15) is 49.1 Å². The van der Waals surface area contributed by atoms with Crippen molar-refractivity contribution in [3.63, 3.8) is 0 Å². The Bertz CT molecular complexity index is 691. The predicted molar refractivity (Wildman–Crippen MR) is 98.4 cm³/mol. The maximum Gasteiger partial charge on any atom is 0.261 e. The first kappa shape index (κ1) is 18.1. The molecular formula is C21H27NO2. The molecule has 0 aliphatic heterocycles. The second-order valence-corrected chi connectivity index (χ2v) is 6.28. The van der Waals surface area contributed by atoms with Gasteiger partial charge in [-0.15, -0.1) is 0 Å². The number of ether oxygens (including phenoxy) is 1. The highest BCUT2D eigenvalue weighted by Crippen LogP contribution is 2.22. The summed E-state index contributed by atoms with van der Waals surface area (Å²) >= 11 is 0. The van der Waals surface area contributed by atoms with E-state index in [0.29, 0.717) is 0 Å². The van der Waals surface area contributed by atoms with Gasteiger partial charge in [-0.25, -0.2) is 0 Å². The predicted octanol–water partition coefficient (Wildman–Crippen LogP) is 4.51. The molecule has 2 unspecified atom stereocenters. The fourth-order valence-corrected chi connectivity index (χ4v) is 2.55. The number of rotatable bonds is 6. The molecule has 1 amide bonds. The average Bonchev–Trinajstić information content (AvgIpc) is 2.58. The standard InChI is InChI=1S/C21H27NO2/c1-6-18-10-12-19(13-11-18)16(4)22-21(23)17(5)24-20-9-7-8-14(2)15(20)3/h7-13,16-17H,6H2,1-5H3,(H,22,23). The highest BCUT2D eigenvalue weighted by molar-refractivity contribution is 5.81. The Balaban J connectivity index is 1.98. The largest absolute Gasteiger partial charge is 0.481 e. The third kappa shape index (κ3) is 4.38. The Morgan fingerprint density at radius 1 is 1.08 bits per heavy atom. The molecular weight excluding hydrogens is 298 g/mol. The molecule has 0 fully saturated rings. The first-order chi connectivity index (χ1) is 11.4. The van der Waals surface area contributed by atoms with Gasteiger partial charge in [-0.05, 0) is 62.4 Å². The zero-order valence-electron chi connectivity index (χ0n) is 15.2. The Morgan fingerprint density at radius 3 is 2.38 bits per heavy atom. The van der Waals surface area contributed by atoms with E-state index in [9.17, 15) is 4.79 Å². The molecule has 1 N–H and O–H groups in total. The van der Waals surface area contributed by atoms with Crippen LogP contribution in [0.15, 0.2) is 42.5 Å². The lowest BCUT2D eigenvalue weighted by atomic mass is 10.0. The van der Waals surface area contributed by atoms with E-state index in [4.69, 9.17) is 4.74 Å². The van der Waals surface area contributed by atoms with Gasteiger partial charge in [-0.2, -0.15) is 0 Å². The van der Waals surface area contributed by atoms with E-state index in [1.807, 2.05) is 39.0 Å². The van der Waals surface area contributed by atoms with E-state index >= 15 is 0 Å². The third-order valence-electron chi connectivity index (χ3n) is 4.47. The van der Waals surface area contributed by atoms with E-state index in [1.54, 1.807) is 6.92 Å². The molecule has 0 bridgehead atoms. The molecule has 2 aromatic rings. The van der Waals surface area contributed by atoms with Crippen molar-refractivity contribution < 1.29 is 9.53 Å². The molecule has 0 saturated heterocycles. The van der Waals surface area contributed by atoms with Crippen LogP contribution in [0, 0.1) is 13.8 Å². The van der Waals surface area contributed by atoms with E-state index < -0.39 is 6.10 Å². The van der Waals surface area contributed by atoms with Crippen LogP contribution in [0.3, 0.4) is 0 Å². The molecule has 3 heteroatoms. The normalized spacial score (nSPS) is 13.2. The van der Waals surface area contributed by atoms with Gasteiger partial charge in [0.1, 0.15) is 5.75 Å². The van der Waals surface area contributed by atoms with Crippen LogP contribution in [-0.4, -0.2) is 12.0 Å². The first-order valence-corrected chi connectivity index (χ1v) is 8.54. The molecule has 0 spiro atoms. The molecule has 2 rings (SSSR count). The summed E-state index contributed by atoms with van der Waals surface area (Å²) in [7, 11) is 0. The van der Waals surface area contributed by atoms with Gasteiger partial charge in [0.15, 0.2) is 6.10 Å². The quantitative estimate of drug-likeness (QED) is 0.848. The molecule has 3 nitrogen and oxygen atoms in total. The summed E-state index contributed by atoms with van der Waals surface area (Å²) < 4.78 is 5.85. The van der Waals surface area contributed by atoms with Crippen LogP contribution in [0.4, 0.5) is 0 Å². The Labute approximate surface area is 145 Å². The zero-order chi connectivity index (χ0) is 17.7. The van der Waals surface area contributed by atoms with Gasteiger partial charge in [0.25, 0.3) is 5.91 Å². The lowest BCUT2D eigenvalue weighted by Crippen LogP contribution is -2.37. The summed E-state index contributed by atoms with van der Waals surface area (Å²) in [6.45, 7) is 9.95. The molecule has 24 heavy (non-hydrogen) atoms. The van der Waals surface area contributed by atoms with E-state index in [2.05, 4.69) is 36.5 Å². The Hall–Kier alpha value is -2.29. The van der Waals surface area contributed by atoms with Gasteiger partial charge in [0.05, 0.1) is 6.04 Å². The first-order valence-electron chi connectivity index (χ1n) is 8.54. The summed E-state index contributed by atoms with van der Waals surface area (Å²) in [5, 5.41) is 3.02. The minimum Gasteiger partial charge on any atom is -0.481 e. The highest BCUT2D eigenvalue weighted by atomic mass is 16.5. The van der Waals surface area contributed by atoms with Crippen molar-refractivity contribution in [2.24, 2.45) is 0 Å². The number of nitrogens with one attached hydrogen (secondary N) is 1. The third-order valence-corrected chi connectivity index (χ3v) is 4.47. The number of carbonyl (C=O) groups is 1. The molecule has 0 radical (unpaired) electrons. The lowest BCUT2D eigenvalue weighted by molar-refractivity contribution is -0.127. The van der Waals surface area contributed by atoms with Gasteiger partial charge in [0, 0.05) is 0 Å². The fraction of sp³-hybridized carbons (Fsp3) is 0.381. The summed E-state index contributed by atoms with van der Waals surface area (Å²) in [4.78, 5) is 12.4. The van der Waals surface area contributed by atoms with Crippen LogP contribution >= 0.6 is 0 Å². The zero-order valence-corrected chi connectivity index (χ0v) is 15.2. The van der Waals surface area contributed by atoms with Crippen molar-refractivity contribution in [3.05, 3.63) is 64.7 Å². The minimum absolute atomic E-state index is 0.0481. The number of hydrogen-bond donors (Lipinski definition) is 1. The van der Waals surface area contributed by atoms with Crippen LogP contribution in [0.25, 0.3) is 0 Å². The van der Waals surface area contributed by atoms with E-state index in [1.165, 1.54) is 5.56 Å². The summed E-state index contributed by atoms with van der Waals surface area (Å²) in [5.41, 5.74) is 4.62. The molecule has 0 heterocycles. The number of carbonyl (C=O) groups excluding carboxylic acids is 1. The van der Waals surface area contributed by atoms with Gasteiger partial charge in [-0.1, -0.05) is 43.3 Å². The van der Waals surface area contributed by atoms with Crippen LogP contribution < -0.4 is 10.1 Å². The van der Waals surface area contributed by atoms with Crippen LogP contribution in [0.2, 0.25) is 0 Å². The fourth-order valence-electron chi connectivity index (χ4n) is 2.55. The van der Waals surface area contributed by atoms with Crippen molar-refractivity contribution in [1.29, 1.82) is 0 Å². The summed E-state index contributed by atoms with van der Waals surface area (Å²) in [6.07, 6.45) is 0.477. The van der Waals surface area contributed by atoms with Crippen LogP contribution in [-0.2, 0) is 11.2 Å². The van der Waals surface area contributed by atoms with Gasteiger partial charge >= 0.3 is 0 Å². The highest BCUT2D eigenvalue weighted by Gasteiger charge is 2.18. The maximum absolute atomic E-state index is 12.4. The lowest BCUT2D eigenvalue weighted by Gasteiger charge is -2.20. The number of amides is 1. The van der Waals surface area contributed by atoms with Crippen molar-refractivity contribution in [1.82, 2.24) is 5.32 Å². The van der Waals surface area contributed by atoms with Gasteiger partial charge in [0.2, 0.25) is 0 Å². The Kier molecular flexibility index (Phi) is 6.02. The molecule has 0 aliphatic carbocycles. The minimum atomic E-state index is -0.539. The SMILES string of the molecule is CCc1ccc(C(C)NC(=O)C(C)Oc2cccc(C)c2C)cc1. The topological polar surface area (TPSA) is 38.3 Å². The molecule has 128 valence electrons. The average molecular weight is 325 g/mol. The molecule has 0 aromatic heterocycles. The van der Waals surface area contributed by atoms with Crippen LogP contribution in [0.5, 0.6) is 5.75 Å². The smallest absolute Gasteiger partial charge is 0.261 e. The van der Waals surface area contributed by atoms with E-state index in [0.717, 1.165) is 28.9 Å². The van der Waals surface area contributed by atoms with Gasteiger partial charge < -0.3 is 10.1 Å². The number of benzene rings is 2. The number of hydrogen-bond acceptors (Lipinski definition) is 2. The van der Waals surface area contributed by atoms with Crippen molar-refractivity contribution >= 4 is 5.91 Å².